The van der Waals surface area contributed by atoms with Crippen LogP contribution in [0.4, 0.5) is 0 Å². The molecule has 0 saturated carbocycles. The number of piperidine rings is 1. The predicted octanol–water partition coefficient (Wildman–Crippen LogP) is 4.21. The van der Waals surface area contributed by atoms with Crippen LogP contribution in [0.25, 0.3) is 0 Å². The first-order valence-electron chi connectivity index (χ1n) is 12.4. The maximum absolute atomic E-state index is 13.2. The summed E-state index contributed by atoms with van der Waals surface area (Å²) in [4.78, 5) is 15.5. The first-order chi connectivity index (χ1) is 16.3. The van der Waals surface area contributed by atoms with Gasteiger partial charge in [0.05, 0.1) is 11.4 Å². The van der Waals surface area contributed by atoms with Gasteiger partial charge in [-0.05, 0) is 49.0 Å². The molecule has 0 aromatic heterocycles. The minimum Gasteiger partial charge on any atom is -0.308 e. The highest BCUT2D eigenvalue weighted by Crippen LogP contribution is 2.27. The molecule has 34 heavy (non-hydrogen) atoms. The Morgan fingerprint density at radius 3 is 2.29 bits per heavy atom. The van der Waals surface area contributed by atoms with Gasteiger partial charge in [0, 0.05) is 31.2 Å². The fourth-order valence-corrected chi connectivity index (χ4v) is 6.73. The van der Waals surface area contributed by atoms with Crippen molar-refractivity contribution in [3.8, 4) is 0 Å². The third kappa shape index (κ3) is 6.54. The average molecular weight is 486 g/mol. The standard InChI is InChI=1S/C27H39N3O3S/c1-5-29(6-2)26(23-11-8-7-9-12-23)17-28-18-27(31)24-13-10-14-25(16-24)34(32,33)30-19-21(3)15-22(4)20-30/h7-14,16,21-22,26,28H,5-6,15,17-20H2,1-4H3. The molecular formula is C27H39N3O3S. The van der Waals surface area contributed by atoms with E-state index in [0.717, 1.165) is 19.5 Å². The first-order valence-corrected chi connectivity index (χ1v) is 13.8. The van der Waals surface area contributed by atoms with Gasteiger partial charge in [0.25, 0.3) is 0 Å². The molecule has 0 aliphatic carbocycles. The van der Waals surface area contributed by atoms with Crippen molar-refractivity contribution < 1.29 is 13.2 Å². The number of nitrogens with zero attached hydrogens (tertiary/aromatic N) is 2. The monoisotopic (exact) mass is 485 g/mol. The lowest BCUT2D eigenvalue weighted by atomic mass is 9.94. The van der Waals surface area contributed by atoms with Crippen molar-refractivity contribution in [2.75, 3.05) is 39.3 Å². The van der Waals surface area contributed by atoms with Crippen molar-refractivity contribution >= 4 is 15.8 Å². The number of carbonyl (C=O) groups is 1. The zero-order valence-electron chi connectivity index (χ0n) is 20.9. The Morgan fingerprint density at radius 1 is 1.03 bits per heavy atom. The molecule has 7 heteroatoms. The Kier molecular flexibility index (Phi) is 9.42. The highest BCUT2D eigenvalue weighted by atomic mass is 32.2. The van der Waals surface area contributed by atoms with Gasteiger partial charge < -0.3 is 5.32 Å². The Bertz CT molecular complexity index is 1030. The van der Waals surface area contributed by atoms with E-state index >= 15 is 0 Å². The van der Waals surface area contributed by atoms with E-state index in [1.165, 1.54) is 11.6 Å². The van der Waals surface area contributed by atoms with Crippen LogP contribution in [0.1, 0.15) is 56.1 Å². The van der Waals surface area contributed by atoms with Crippen LogP contribution in [-0.4, -0.2) is 62.7 Å². The first kappa shape index (κ1) is 26.5. The molecule has 0 bridgehead atoms. The number of hydrogen-bond acceptors (Lipinski definition) is 5. The van der Waals surface area contributed by atoms with Gasteiger partial charge in [0.1, 0.15) is 0 Å². The van der Waals surface area contributed by atoms with Gasteiger partial charge in [-0.1, -0.05) is 70.2 Å². The number of hydrogen-bond donors (Lipinski definition) is 1. The van der Waals surface area contributed by atoms with E-state index in [9.17, 15) is 13.2 Å². The SMILES string of the molecule is CCN(CC)C(CNCC(=O)c1cccc(S(=O)(=O)N2CC(C)CC(C)C2)c1)c1ccccc1. The zero-order valence-corrected chi connectivity index (χ0v) is 21.7. The summed E-state index contributed by atoms with van der Waals surface area (Å²) in [6.07, 6.45) is 1.04. The topological polar surface area (TPSA) is 69.7 Å². The van der Waals surface area contributed by atoms with E-state index < -0.39 is 10.0 Å². The molecule has 1 fully saturated rings. The molecule has 1 heterocycles. The van der Waals surface area contributed by atoms with Crippen molar-refractivity contribution in [2.45, 2.75) is 45.1 Å². The molecule has 2 aromatic carbocycles. The lowest BCUT2D eigenvalue weighted by molar-refractivity contribution is 0.0986. The van der Waals surface area contributed by atoms with Crippen molar-refractivity contribution in [3.63, 3.8) is 0 Å². The molecular weight excluding hydrogens is 446 g/mol. The molecule has 0 radical (unpaired) electrons. The summed E-state index contributed by atoms with van der Waals surface area (Å²) in [5.41, 5.74) is 1.63. The molecule has 0 spiro atoms. The Morgan fingerprint density at radius 2 is 1.68 bits per heavy atom. The number of Topliss-reactive ketones (excluding diaryl/α,β-unsaturated/α-hetero) is 1. The molecule has 0 amide bonds. The molecule has 3 atom stereocenters. The summed E-state index contributed by atoms with van der Waals surface area (Å²) in [7, 11) is -3.62. The van der Waals surface area contributed by atoms with Crippen molar-refractivity contribution in [1.29, 1.82) is 0 Å². The number of carbonyl (C=O) groups excluding carboxylic acids is 1. The fraction of sp³-hybridized carbons (Fsp3) is 0.519. The third-order valence-corrected chi connectivity index (χ3v) is 8.52. The number of benzene rings is 2. The van der Waals surface area contributed by atoms with Crippen LogP contribution in [0.3, 0.4) is 0 Å². The highest BCUT2D eigenvalue weighted by molar-refractivity contribution is 7.89. The summed E-state index contributed by atoms with van der Waals surface area (Å²) >= 11 is 0. The van der Waals surface area contributed by atoms with Crippen molar-refractivity contribution in [1.82, 2.24) is 14.5 Å². The maximum atomic E-state index is 13.2. The second kappa shape index (κ2) is 12.1. The molecule has 3 unspecified atom stereocenters. The van der Waals surface area contributed by atoms with E-state index in [4.69, 9.17) is 0 Å². The van der Waals surface area contributed by atoms with Crippen molar-refractivity contribution in [3.05, 3.63) is 65.7 Å². The summed E-state index contributed by atoms with van der Waals surface area (Å²) in [6.45, 7) is 12.1. The van der Waals surface area contributed by atoms with E-state index in [1.807, 2.05) is 18.2 Å². The predicted molar refractivity (Wildman–Crippen MR) is 137 cm³/mol. The van der Waals surface area contributed by atoms with Gasteiger partial charge in [0.2, 0.25) is 10.0 Å². The summed E-state index contributed by atoms with van der Waals surface area (Å²) < 4.78 is 28.1. The number of ketones is 1. The second-order valence-corrected chi connectivity index (χ2v) is 11.4. The number of likely N-dealkylation sites (N-methyl/N-ethyl adjacent to an activating group) is 1. The van der Waals surface area contributed by atoms with E-state index in [2.05, 4.69) is 50.0 Å². The minimum atomic E-state index is -3.62. The second-order valence-electron chi connectivity index (χ2n) is 9.50. The van der Waals surface area contributed by atoms with E-state index in [1.54, 1.807) is 22.5 Å². The third-order valence-electron chi connectivity index (χ3n) is 6.69. The largest absolute Gasteiger partial charge is 0.308 e. The van der Waals surface area contributed by atoms with Crippen LogP contribution in [0.2, 0.25) is 0 Å². The number of sulfonamides is 1. The maximum Gasteiger partial charge on any atom is 0.243 e. The van der Waals surface area contributed by atoms with Crippen LogP contribution in [0.15, 0.2) is 59.5 Å². The molecule has 6 nitrogen and oxygen atoms in total. The van der Waals surface area contributed by atoms with Gasteiger partial charge in [-0.3, -0.25) is 9.69 Å². The smallest absolute Gasteiger partial charge is 0.243 e. The van der Waals surface area contributed by atoms with Gasteiger partial charge in [-0.15, -0.1) is 0 Å². The van der Waals surface area contributed by atoms with Crippen LogP contribution < -0.4 is 5.32 Å². The Balaban J connectivity index is 1.68. The summed E-state index contributed by atoms with van der Waals surface area (Å²) in [5.74, 6) is 0.551. The molecule has 186 valence electrons. The zero-order chi connectivity index (χ0) is 24.7. The van der Waals surface area contributed by atoms with Gasteiger partial charge in [0.15, 0.2) is 5.78 Å². The van der Waals surface area contributed by atoms with Crippen LogP contribution in [0.5, 0.6) is 0 Å². The molecule has 3 rings (SSSR count). The summed E-state index contributed by atoms with van der Waals surface area (Å²) in [5, 5.41) is 3.31. The van der Waals surface area contributed by atoms with E-state index in [0.29, 0.717) is 37.0 Å². The van der Waals surface area contributed by atoms with Crippen molar-refractivity contribution in [2.24, 2.45) is 11.8 Å². The summed E-state index contributed by atoms with van der Waals surface area (Å²) in [6, 6.07) is 17.0. The number of nitrogens with one attached hydrogen (secondary N) is 1. The fourth-order valence-electron chi connectivity index (χ4n) is 5.00. The molecule has 1 N–H and O–H groups in total. The van der Waals surface area contributed by atoms with E-state index in [-0.39, 0.29) is 23.3 Å². The highest BCUT2D eigenvalue weighted by Gasteiger charge is 2.32. The Hall–Kier alpha value is -2.06. The van der Waals surface area contributed by atoms with Crippen LogP contribution in [0, 0.1) is 11.8 Å². The molecule has 1 aliphatic rings. The minimum absolute atomic E-state index is 0.108. The molecule has 1 aliphatic heterocycles. The Labute approximate surface area is 205 Å². The lowest BCUT2D eigenvalue weighted by Gasteiger charge is -2.34. The lowest BCUT2D eigenvalue weighted by Crippen LogP contribution is -2.42. The normalized spacial score (nSPS) is 20.4. The van der Waals surface area contributed by atoms with Gasteiger partial charge in [-0.25, -0.2) is 8.42 Å². The molecule has 2 aromatic rings. The quantitative estimate of drug-likeness (QED) is 0.483. The molecule has 1 saturated heterocycles. The van der Waals surface area contributed by atoms with Crippen LogP contribution in [-0.2, 0) is 10.0 Å². The van der Waals surface area contributed by atoms with Gasteiger partial charge in [-0.2, -0.15) is 4.31 Å². The van der Waals surface area contributed by atoms with Crippen LogP contribution >= 0.6 is 0 Å². The van der Waals surface area contributed by atoms with Gasteiger partial charge >= 0.3 is 0 Å². The number of rotatable bonds is 11. The average Bonchev–Trinajstić information content (AvgIpc) is 2.83.